The monoisotopic (exact) mass is 351 g/mol. The zero-order chi connectivity index (χ0) is 14.5. The van der Waals surface area contributed by atoms with Crippen LogP contribution in [0, 0.1) is 6.92 Å². The van der Waals surface area contributed by atoms with Gasteiger partial charge in [-0.3, -0.25) is 4.79 Å². The zero-order valence-electron chi connectivity index (χ0n) is 11.1. The number of hydrogen-bond donors (Lipinski definition) is 1. The molecule has 1 amide bonds. The van der Waals surface area contributed by atoms with Gasteiger partial charge in [-0.1, -0.05) is 35.9 Å². The van der Waals surface area contributed by atoms with E-state index >= 15 is 0 Å². The maximum absolute atomic E-state index is 12.0. The Morgan fingerprint density at radius 1 is 1.25 bits per heavy atom. The molecular weight excluding hydrogens is 338 g/mol. The molecule has 4 heteroatoms. The van der Waals surface area contributed by atoms with Crippen LogP contribution in [-0.2, 0) is 6.42 Å². The number of aryl methyl sites for hydroxylation is 1. The van der Waals surface area contributed by atoms with Gasteiger partial charge in [-0.05, 0) is 58.6 Å². The molecular formula is C16H15BrClNO. The van der Waals surface area contributed by atoms with Gasteiger partial charge in [0.05, 0.1) is 5.02 Å². The summed E-state index contributed by atoms with van der Waals surface area (Å²) in [6.07, 6.45) is 0.822. The Kier molecular flexibility index (Phi) is 5.21. The molecule has 0 aliphatic carbocycles. The highest BCUT2D eigenvalue weighted by Gasteiger charge is 2.07. The van der Waals surface area contributed by atoms with Crippen LogP contribution in [0.3, 0.4) is 0 Å². The van der Waals surface area contributed by atoms with Gasteiger partial charge in [-0.15, -0.1) is 0 Å². The van der Waals surface area contributed by atoms with Gasteiger partial charge in [0.25, 0.3) is 5.91 Å². The van der Waals surface area contributed by atoms with E-state index in [4.69, 9.17) is 11.6 Å². The second-order valence-corrected chi connectivity index (χ2v) is 5.82. The van der Waals surface area contributed by atoms with Crippen molar-refractivity contribution in [2.24, 2.45) is 0 Å². The average Bonchev–Trinajstić information content (AvgIpc) is 2.44. The first-order chi connectivity index (χ1) is 9.58. The van der Waals surface area contributed by atoms with Gasteiger partial charge in [0.2, 0.25) is 0 Å². The fourth-order valence-corrected chi connectivity index (χ4v) is 2.37. The Bertz CT molecular complexity index is 628. The van der Waals surface area contributed by atoms with E-state index in [2.05, 4.69) is 40.3 Å². The summed E-state index contributed by atoms with van der Waals surface area (Å²) in [5.41, 5.74) is 3.07. The first-order valence-corrected chi connectivity index (χ1v) is 7.53. The highest BCUT2D eigenvalue weighted by atomic mass is 79.9. The molecule has 20 heavy (non-hydrogen) atoms. The Hall–Kier alpha value is -1.32. The van der Waals surface area contributed by atoms with E-state index in [1.807, 2.05) is 12.1 Å². The van der Waals surface area contributed by atoms with Gasteiger partial charge in [-0.2, -0.15) is 0 Å². The molecule has 2 nitrogen and oxygen atoms in total. The van der Waals surface area contributed by atoms with E-state index in [0.29, 0.717) is 17.1 Å². The van der Waals surface area contributed by atoms with Crippen molar-refractivity contribution in [3.8, 4) is 0 Å². The predicted molar refractivity (Wildman–Crippen MR) is 86.4 cm³/mol. The number of hydrogen-bond acceptors (Lipinski definition) is 1. The Morgan fingerprint density at radius 2 is 2.00 bits per heavy atom. The van der Waals surface area contributed by atoms with Crippen LogP contribution in [0.1, 0.15) is 21.5 Å². The minimum Gasteiger partial charge on any atom is -0.352 e. The molecule has 2 aromatic carbocycles. The lowest BCUT2D eigenvalue weighted by Gasteiger charge is -2.08. The average molecular weight is 353 g/mol. The van der Waals surface area contributed by atoms with Crippen LogP contribution >= 0.6 is 27.5 Å². The molecule has 2 rings (SSSR count). The van der Waals surface area contributed by atoms with E-state index in [1.165, 1.54) is 11.1 Å². The molecule has 104 valence electrons. The molecule has 0 spiro atoms. The molecule has 0 aliphatic heterocycles. The van der Waals surface area contributed by atoms with Crippen molar-refractivity contribution >= 4 is 33.4 Å². The van der Waals surface area contributed by atoms with Crippen LogP contribution in [0.4, 0.5) is 0 Å². The number of halogens is 2. The van der Waals surface area contributed by atoms with Crippen LogP contribution in [0.2, 0.25) is 5.02 Å². The number of benzene rings is 2. The Balaban J connectivity index is 1.92. The molecule has 0 radical (unpaired) electrons. The molecule has 1 N–H and O–H groups in total. The van der Waals surface area contributed by atoms with Crippen molar-refractivity contribution in [3.05, 3.63) is 68.7 Å². The minimum atomic E-state index is -0.104. The molecule has 0 aromatic heterocycles. The van der Waals surface area contributed by atoms with Crippen molar-refractivity contribution in [1.29, 1.82) is 0 Å². The minimum absolute atomic E-state index is 0.104. The predicted octanol–water partition coefficient (Wildman–Crippen LogP) is 4.38. The Labute approximate surface area is 132 Å². The van der Waals surface area contributed by atoms with Crippen molar-refractivity contribution in [2.45, 2.75) is 13.3 Å². The van der Waals surface area contributed by atoms with Crippen LogP contribution in [0.25, 0.3) is 0 Å². The molecule has 0 fully saturated rings. The molecule has 0 atom stereocenters. The third-order valence-corrected chi connectivity index (χ3v) is 4.36. The smallest absolute Gasteiger partial charge is 0.251 e. The molecule has 2 aromatic rings. The molecule has 0 saturated heterocycles. The number of nitrogens with one attached hydrogen (secondary N) is 1. The summed E-state index contributed by atoms with van der Waals surface area (Å²) >= 11 is 9.29. The summed E-state index contributed by atoms with van der Waals surface area (Å²) in [7, 11) is 0. The third kappa shape index (κ3) is 3.84. The lowest BCUT2D eigenvalue weighted by molar-refractivity contribution is 0.0954. The molecule has 0 heterocycles. The SMILES string of the molecule is Cc1ccccc1CCNC(=O)c1ccc(Br)c(Cl)c1. The molecule has 0 saturated carbocycles. The lowest BCUT2D eigenvalue weighted by atomic mass is 10.1. The van der Waals surface area contributed by atoms with Crippen molar-refractivity contribution in [1.82, 2.24) is 5.32 Å². The Morgan fingerprint density at radius 3 is 2.70 bits per heavy atom. The van der Waals surface area contributed by atoms with Crippen LogP contribution in [-0.4, -0.2) is 12.5 Å². The van der Waals surface area contributed by atoms with E-state index in [0.717, 1.165) is 10.9 Å². The fraction of sp³-hybridized carbons (Fsp3) is 0.188. The topological polar surface area (TPSA) is 29.1 Å². The molecule has 0 bridgehead atoms. The van der Waals surface area contributed by atoms with Crippen molar-refractivity contribution in [3.63, 3.8) is 0 Å². The number of rotatable bonds is 4. The van der Waals surface area contributed by atoms with E-state index in [1.54, 1.807) is 18.2 Å². The number of carbonyl (C=O) groups is 1. The van der Waals surface area contributed by atoms with Gasteiger partial charge in [0.1, 0.15) is 0 Å². The third-order valence-electron chi connectivity index (χ3n) is 3.12. The number of amides is 1. The van der Waals surface area contributed by atoms with E-state index in [-0.39, 0.29) is 5.91 Å². The summed E-state index contributed by atoms with van der Waals surface area (Å²) in [6.45, 7) is 2.68. The van der Waals surface area contributed by atoms with Crippen LogP contribution in [0.5, 0.6) is 0 Å². The molecule has 0 unspecified atom stereocenters. The molecule has 0 aliphatic rings. The fourth-order valence-electron chi connectivity index (χ4n) is 1.94. The standard InChI is InChI=1S/C16H15BrClNO/c1-11-4-2-3-5-12(11)8-9-19-16(20)13-6-7-14(17)15(18)10-13/h2-7,10H,8-9H2,1H3,(H,19,20). The van der Waals surface area contributed by atoms with Gasteiger partial charge >= 0.3 is 0 Å². The zero-order valence-corrected chi connectivity index (χ0v) is 13.5. The van der Waals surface area contributed by atoms with Gasteiger partial charge in [-0.25, -0.2) is 0 Å². The summed E-state index contributed by atoms with van der Waals surface area (Å²) in [6, 6.07) is 13.4. The number of carbonyl (C=O) groups excluding carboxylic acids is 1. The lowest BCUT2D eigenvalue weighted by Crippen LogP contribution is -2.25. The maximum Gasteiger partial charge on any atom is 0.251 e. The summed E-state index contributed by atoms with van der Waals surface area (Å²) < 4.78 is 0.788. The van der Waals surface area contributed by atoms with Gasteiger partial charge < -0.3 is 5.32 Å². The first kappa shape index (κ1) is 15.1. The van der Waals surface area contributed by atoms with Gasteiger partial charge in [0, 0.05) is 16.6 Å². The quantitative estimate of drug-likeness (QED) is 0.869. The highest BCUT2D eigenvalue weighted by Crippen LogP contribution is 2.23. The van der Waals surface area contributed by atoms with Gasteiger partial charge in [0.15, 0.2) is 0 Å². The van der Waals surface area contributed by atoms with Crippen LogP contribution < -0.4 is 5.32 Å². The summed E-state index contributed by atoms with van der Waals surface area (Å²) in [5.74, 6) is -0.104. The maximum atomic E-state index is 12.0. The first-order valence-electron chi connectivity index (χ1n) is 6.35. The van der Waals surface area contributed by atoms with E-state index in [9.17, 15) is 4.79 Å². The van der Waals surface area contributed by atoms with Crippen molar-refractivity contribution < 1.29 is 4.79 Å². The van der Waals surface area contributed by atoms with Crippen LogP contribution in [0.15, 0.2) is 46.9 Å². The van der Waals surface area contributed by atoms with Crippen molar-refractivity contribution in [2.75, 3.05) is 6.54 Å². The van der Waals surface area contributed by atoms with E-state index < -0.39 is 0 Å². The largest absolute Gasteiger partial charge is 0.352 e. The normalized spacial score (nSPS) is 10.3. The second kappa shape index (κ2) is 6.91. The highest BCUT2D eigenvalue weighted by molar-refractivity contribution is 9.10. The summed E-state index contributed by atoms with van der Waals surface area (Å²) in [5, 5.41) is 3.45. The summed E-state index contributed by atoms with van der Waals surface area (Å²) in [4.78, 5) is 12.0. The second-order valence-electron chi connectivity index (χ2n) is 4.56.